The number of aromatic nitrogens is 3. The zero-order valence-corrected chi connectivity index (χ0v) is 12.8. The number of carbonyl (C=O) groups excluding carboxylic acids is 1. The molecule has 1 fully saturated rings. The first kappa shape index (κ1) is 15.5. The van der Waals surface area contributed by atoms with Crippen molar-refractivity contribution in [3.05, 3.63) is 42.5 Å². The molecule has 120 valence electrons. The number of carbonyl (C=O) groups is 1. The minimum Gasteiger partial charge on any atom is -0.388 e. The van der Waals surface area contributed by atoms with E-state index in [1.165, 1.54) is 17.3 Å². The summed E-state index contributed by atoms with van der Waals surface area (Å²) < 4.78 is 0. The Hall–Kier alpha value is -2.38. The van der Waals surface area contributed by atoms with Crippen molar-refractivity contribution in [2.24, 2.45) is 0 Å². The van der Waals surface area contributed by atoms with Gasteiger partial charge in [-0.1, -0.05) is 0 Å². The number of rotatable bonds is 2. The molecule has 2 aromatic heterocycles. The van der Waals surface area contributed by atoms with E-state index in [1.54, 1.807) is 31.5 Å². The Labute approximate surface area is 133 Å². The third-order valence-corrected chi connectivity index (χ3v) is 4.12. The Morgan fingerprint density at radius 2 is 1.96 bits per heavy atom. The van der Waals surface area contributed by atoms with Gasteiger partial charge in [0.25, 0.3) is 5.91 Å². The molecule has 0 saturated carbocycles. The lowest BCUT2D eigenvalue weighted by Crippen LogP contribution is -2.55. The molecule has 7 heteroatoms. The van der Waals surface area contributed by atoms with Gasteiger partial charge in [0.15, 0.2) is 5.82 Å². The molecule has 0 radical (unpaired) electrons. The van der Waals surface area contributed by atoms with Crippen LogP contribution in [0.5, 0.6) is 0 Å². The molecular formula is C16H18N4O3. The van der Waals surface area contributed by atoms with E-state index < -0.39 is 11.7 Å². The molecule has 7 nitrogen and oxygen atoms in total. The fourth-order valence-electron chi connectivity index (χ4n) is 2.48. The number of nitrogens with zero attached hydrogens (tertiary/aromatic N) is 4. The maximum atomic E-state index is 12.4. The first-order valence-electron chi connectivity index (χ1n) is 7.39. The van der Waals surface area contributed by atoms with Crippen molar-refractivity contribution in [3.63, 3.8) is 0 Å². The first-order chi connectivity index (χ1) is 11.0. The lowest BCUT2D eigenvalue weighted by molar-refractivity contribution is -0.0999. The molecule has 2 atom stereocenters. The van der Waals surface area contributed by atoms with E-state index in [0.29, 0.717) is 24.4 Å². The number of amides is 1. The number of piperidine rings is 1. The Morgan fingerprint density at radius 3 is 2.57 bits per heavy atom. The molecule has 3 rings (SSSR count). The van der Waals surface area contributed by atoms with Crippen LogP contribution in [0, 0.1) is 0 Å². The van der Waals surface area contributed by atoms with Gasteiger partial charge in [-0.05, 0) is 25.5 Å². The van der Waals surface area contributed by atoms with Crippen LogP contribution in [0.3, 0.4) is 0 Å². The van der Waals surface area contributed by atoms with Crippen LogP contribution >= 0.6 is 0 Å². The van der Waals surface area contributed by atoms with Crippen LogP contribution in [0.2, 0.25) is 0 Å². The highest BCUT2D eigenvalue weighted by atomic mass is 16.3. The van der Waals surface area contributed by atoms with Gasteiger partial charge >= 0.3 is 0 Å². The van der Waals surface area contributed by atoms with Crippen molar-refractivity contribution in [1.29, 1.82) is 0 Å². The van der Waals surface area contributed by atoms with E-state index in [9.17, 15) is 15.0 Å². The molecule has 1 aliphatic heterocycles. The molecule has 0 unspecified atom stereocenters. The van der Waals surface area contributed by atoms with Crippen molar-refractivity contribution >= 4 is 5.91 Å². The summed E-state index contributed by atoms with van der Waals surface area (Å²) >= 11 is 0. The van der Waals surface area contributed by atoms with Gasteiger partial charge in [0.1, 0.15) is 0 Å². The van der Waals surface area contributed by atoms with Gasteiger partial charge in [0.05, 0.1) is 17.3 Å². The van der Waals surface area contributed by atoms with Crippen LogP contribution in [0.15, 0.2) is 36.9 Å². The molecule has 0 bridgehead atoms. The smallest absolute Gasteiger partial charge is 0.257 e. The van der Waals surface area contributed by atoms with Crippen LogP contribution in [0.1, 0.15) is 23.7 Å². The molecule has 23 heavy (non-hydrogen) atoms. The lowest BCUT2D eigenvalue weighted by Gasteiger charge is -2.39. The van der Waals surface area contributed by atoms with E-state index in [2.05, 4.69) is 15.0 Å². The van der Waals surface area contributed by atoms with Crippen molar-refractivity contribution in [3.8, 4) is 11.4 Å². The highest BCUT2D eigenvalue weighted by molar-refractivity contribution is 5.93. The number of β-amino-alcohol motifs (C(OH)–C–C–N with tert-alkyl or cyclic N) is 1. The predicted octanol–water partition coefficient (Wildman–Crippen LogP) is 0.496. The van der Waals surface area contributed by atoms with Crippen molar-refractivity contribution in [2.45, 2.75) is 25.0 Å². The van der Waals surface area contributed by atoms with Gasteiger partial charge in [-0.15, -0.1) is 0 Å². The highest BCUT2D eigenvalue weighted by Gasteiger charge is 2.38. The number of hydrogen-bond acceptors (Lipinski definition) is 6. The second kappa shape index (κ2) is 6.02. The summed E-state index contributed by atoms with van der Waals surface area (Å²) in [5.74, 6) is 0.270. The van der Waals surface area contributed by atoms with E-state index in [0.717, 1.165) is 5.56 Å². The quantitative estimate of drug-likeness (QED) is 0.837. The number of likely N-dealkylation sites (tertiary alicyclic amines) is 1. The van der Waals surface area contributed by atoms with Crippen LogP contribution in [0.25, 0.3) is 11.4 Å². The van der Waals surface area contributed by atoms with Gasteiger partial charge in [-0.2, -0.15) is 0 Å². The topological polar surface area (TPSA) is 99.4 Å². The van der Waals surface area contributed by atoms with Crippen molar-refractivity contribution in [1.82, 2.24) is 19.9 Å². The number of pyridine rings is 1. The maximum absolute atomic E-state index is 12.4. The maximum Gasteiger partial charge on any atom is 0.257 e. The van der Waals surface area contributed by atoms with Gasteiger partial charge < -0.3 is 15.1 Å². The van der Waals surface area contributed by atoms with Crippen molar-refractivity contribution in [2.75, 3.05) is 13.1 Å². The highest BCUT2D eigenvalue weighted by Crippen LogP contribution is 2.23. The minimum atomic E-state index is -1.15. The molecule has 0 spiro atoms. The van der Waals surface area contributed by atoms with Crippen molar-refractivity contribution < 1.29 is 15.0 Å². The van der Waals surface area contributed by atoms with E-state index in [-0.39, 0.29) is 12.5 Å². The molecular weight excluding hydrogens is 296 g/mol. The summed E-state index contributed by atoms with van der Waals surface area (Å²) in [5.41, 5.74) is 0.0263. The zero-order valence-electron chi connectivity index (χ0n) is 12.8. The molecule has 0 aliphatic carbocycles. The fraction of sp³-hybridized carbons (Fsp3) is 0.375. The van der Waals surface area contributed by atoms with Crippen LogP contribution in [0.4, 0.5) is 0 Å². The molecule has 1 amide bonds. The Balaban J connectivity index is 1.74. The average Bonchev–Trinajstić information content (AvgIpc) is 2.58. The third-order valence-electron chi connectivity index (χ3n) is 4.12. The summed E-state index contributed by atoms with van der Waals surface area (Å²) in [6.45, 7) is 2.05. The van der Waals surface area contributed by atoms with Crippen LogP contribution < -0.4 is 0 Å². The zero-order chi connectivity index (χ0) is 16.4. The Kier molecular flexibility index (Phi) is 4.06. The summed E-state index contributed by atoms with van der Waals surface area (Å²) in [5, 5.41) is 19.9. The normalized spacial score (nSPS) is 24.5. The molecule has 3 heterocycles. The minimum absolute atomic E-state index is 0.0952. The fourth-order valence-corrected chi connectivity index (χ4v) is 2.48. The van der Waals surface area contributed by atoms with Gasteiger partial charge in [0, 0.05) is 43.4 Å². The number of aliphatic hydroxyl groups is 2. The molecule has 0 aromatic carbocycles. The molecule has 1 saturated heterocycles. The van der Waals surface area contributed by atoms with E-state index in [1.807, 2.05) is 0 Å². The second-order valence-corrected chi connectivity index (χ2v) is 5.91. The third kappa shape index (κ3) is 3.20. The second-order valence-electron chi connectivity index (χ2n) is 5.91. The van der Waals surface area contributed by atoms with Crippen LogP contribution in [-0.4, -0.2) is 60.8 Å². The molecule has 1 aliphatic rings. The molecule has 2 N–H and O–H groups in total. The number of hydrogen-bond donors (Lipinski definition) is 2. The van der Waals surface area contributed by atoms with Gasteiger partial charge in [-0.3, -0.25) is 9.78 Å². The van der Waals surface area contributed by atoms with E-state index >= 15 is 0 Å². The monoisotopic (exact) mass is 314 g/mol. The predicted molar refractivity (Wildman–Crippen MR) is 82.4 cm³/mol. The molecule has 2 aromatic rings. The van der Waals surface area contributed by atoms with Crippen LogP contribution in [-0.2, 0) is 0 Å². The number of aliphatic hydroxyl groups excluding tert-OH is 1. The first-order valence-corrected chi connectivity index (χ1v) is 7.39. The van der Waals surface area contributed by atoms with Gasteiger partial charge in [0.2, 0.25) is 0 Å². The SMILES string of the molecule is C[C@]1(O)CCN(C(=O)c2cnc(-c3ccncc3)nc2)C[C@@H]1O. The van der Waals surface area contributed by atoms with Gasteiger partial charge in [-0.25, -0.2) is 9.97 Å². The summed E-state index contributed by atoms with van der Waals surface area (Å²) in [4.78, 5) is 26.3. The average molecular weight is 314 g/mol. The summed E-state index contributed by atoms with van der Waals surface area (Å²) in [6, 6.07) is 3.58. The summed E-state index contributed by atoms with van der Waals surface area (Å²) in [6.07, 6.45) is 5.62. The largest absolute Gasteiger partial charge is 0.388 e. The van der Waals surface area contributed by atoms with E-state index in [4.69, 9.17) is 0 Å². The standard InChI is InChI=1S/C16H18N4O3/c1-16(23)4-7-20(10-13(16)21)15(22)12-8-18-14(19-9-12)11-2-5-17-6-3-11/h2-3,5-6,8-9,13,21,23H,4,7,10H2,1H3/t13-,16-/m0/s1. The Bertz CT molecular complexity index is 688. The lowest BCUT2D eigenvalue weighted by atomic mass is 9.90. The summed E-state index contributed by atoms with van der Waals surface area (Å²) in [7, 11) is 0. The Morgan fingerprint density at radius 1 is 1.30 bits per heavy atom.